The summed E-state index contributed by atoms with van der Waals surface area (Å²) >= 11 is 5.88. The Morgan fingerprint density at radius 1 is 1.58 bits per heavy atom. The molecule has 0 amide bonds. The van der Waals surface area contributed by atoms with Gasteiger partial charge in [-0.1, -0.05) is 18.5 Å². The van der Waals surface area contributed by atoms with Gasteiger partial charge in [0.2, 0.25) is 5.95 Å². The Labute approximate surface area is 145 Å². The first-order chi connectivity index (χ1) is 11.6. The molecule has 0 unspecified atom stereocenters. The van der Waals surface area contributed by atoms with E-state index in [2.05, 4.69) is 20.4 Å². The highest BCUT2D eigenvalue weighted by molar-refractivity contribution is 6.30. The van der Waals surface area contributed by atoms with Crippen molar-refractivity contribution in [1.29, 1.82) is 0 Å². The molecule has 2 atom stereocenters. The van der Waals surface area contributed by atoms with Crippen LogP contribution in [0.4, 0.5) is 5.95 Å². The van der Waals surface area contributed by atoms with Crippen molar-refractivity contribution in [1.82, 2.24) is 19.7 Å². The molecule has 1 saturated heterocycles. The number of rotatable bonds is 6. The third kappa shape index (κ3) is 4.58. The number of H-pyrrole nitrogens is 1. The second-order valence-corrected chi connectivity index (χ2v) is 6.70. The third-order valence-corrected chi connectivity index (χ3v) is 4.34. The van der Waals surface area contributed by atoms with Crippen LogP contribution in [0.25, 0.3) is 0 Å². The van der Waals surface area contributed by atoms with Gasteiger partial charge in [-0.3, -0.25) is 14.5 Å². The Hall–Kier alpha value is -1.86. The molecule has 1 aliphatic heterocycles. The molecule has 130 valence electrons. The van der Waals surface area contributed by atoms with E-state index < -0.39 is 0 Å². The van der Waals surface area contributed by atoms with Crippen LogP contribution in [0.2, 0.25) is 5.02 Å². The fourth-order valence-electron chi connectivity index (χ4n) is 2.83. The van der Waals surface area contributed by atoms with Crippen LogP contribution in [0.15, 0.2) is 23.3 Å². The number of nitrogens with one attached hydrogen (secondary N) is 2. The molecule has 3 rings (SSSR count). The maximum Gasteiger partial charge on any atom is 0.252 e. The first-order valence-electron chi connectivity index (χ1n) is 8.21. The first kappa shape index (κ1) is 17.0. The monoisotopic (exact) mass is 351 g/mol. The van der Waals surface area contributed by atoms with Crippen molar-refractivity contribution in [3.8, 4) is 0 Å². The molecule has 0 saturated carbocycles. The van der Waals surface area contributed by atoms with Crippen molar-refractivity contribution >= 4 is 17.5 Å². The highest BCUT2D eigenvalue weighted by atomic mass is 35.5. The molecular formula is C16H22ClN5O2. The minimum atomic E-state index is -0.159. The van der Waals surface area contributed by atoms with Crippen LogP contribution in [0.1, 0.15) is 31.4 Å². The van der Waals surface area contributed by atoms with Gasteiger partial charge in [0.05, 0.1) is 23.5 Å². The van der Waals surface area contributed by atoms with Gasteiger partial charge >= 0.3 is 0 Å². The SMILES string of the molecule is C[C@@H](Cn1cc(Cl)cn1)c1cc(=O)[nH]c(NC[C@@H]2CCCOC2)n1. The maximum absolute atomic E-state index is 11.9. The Kier molecular flexibility index (Phi) is 5.52. The lowest BCUT2D eigenvalue weighted by Gasteiger charge is -2.22. The highest BCUT2D eigenvalue weighted by Crippen LogP contribution is 2.17. The molecule has 8 heteroatoms. The zero-order valence-corrected chi connectivity index (χ0v) is 14.4. The summed E-state index contributed by atoms with van der Waals surface area (Å²) in [6, 6.07) is 1.53. The Morgan fingerprint density at radius 2 is 2.46 bits per heavy atom. The number of halogens is 1. The van der Waals surface area contributed by atoms with Crippen LogP contribution >= 0.6 is 11.6 Å². The molecular weight excluding hydrogens is 330 g/mol. The summed E-state index contributed by atoms with van der Waals surface area (Å²) < 4.78 is 7.22. The Bertz CT molecular complexity index is 723. The number of aromatic amines is 1. The maximum atomic E-state index is 11.9. The van der Waals surface area contributed by atoms with Gasteiger partial charge in [0.25, 0.3) is 5.56 Å². The van der Waals surface area contributed by atoms with E-state index in [4.69, 9.17) is 16.3 Å². The smallest absolute Gasteiger partial charge is 0.252 e. The lowest BCUT2D eigenvalue weighted by atomic mass is 10.0. The summed E-state index contributed by atoms with van der Waals surface area (Å²) in [5.74, 6) is 1.01. The van der Waals surface area contributed by atoms with Crippen molar-refractivity contribution in [3.05, 3.63) is 39.5 Å². The molecule has 2 aromatic rings. The molecule has 0 spiro atoms. The number of ether oxygens (including phenoxy) is 1. The molecule has 0 radical (unpaired) electrons. The quantitative estimate of drug-likeness (QED) is 0.833. The van der Waals surface area contributed by atoms with Gasteiger partial charge in [-0.05, 0) is 18.8 Å². The van der Waals surface area contributed by atoms with E-state index in [1.165, 1.54) is 6.07 Å². The minimum absolute atomic E-state index is 0.0434. The van der Waals surface area contributed by atoms with E-state index in [9.17, 15) is 4.79 Å². The molecule has 1 aliphatic rings. The second-order valence-electron chi connectivity index (χ2n) is 6.26. The summed E-state index contributed by atoms with van der Waals surface area (Å²) in [5.41, 5.74) is 0.570. The van der Waals surface area contributed by atoms with E-state index in [-0.39, 0.29) is 11.5 Å². The standard InChI is InChI=1S/C16H22ClN5O2/c1-11(8-22-9-13(17)7-19-22)14-5-15(23)21-16(20-14)18-6-12-3-2-4-24-10-12/h5,7,9,11-12H,2-4,6,8,10H2,1H3,(H2,18,20,21,23)/t11-,12-/m0/s1. The van der Waals surface area contributed by atoms with Gasteiger partial charge in [-0.15, -0.1) is 0 Å². The molecule has 2 N–H and O–H groups in total. The number of anilines is 1. The van der Waals surface area contributed by atoms with E-state index in [0.717, 1.165) is 38.3 Å². The molecule has 2 aromatic heterocycles. The molecule has 0 aromatic carbocycles. The van der Waals surface area contributed by atoms with Crippen LogP contribution in [0.3, 0.4) is 0 Å². The zero-order valence-electron chi connectivity index (χ0n) is 13.7. The Morgan fingerprint density at radius 3 is 3.17 bits per heavy atom. The predicted molar refractivity (Wildman–Crippen MR) is 92.5 cm³/mol. The Balaban J connectivity index is 1.65. The lowest BCUT2D eigenvalue weighted by molar-refractivity contribution is 0.0594. The van der Waals surface area contributed by atoms with Crippen molar-refractivity contribution < 1.29 is 4.74 Å². The largest absolute Gasteiger partial charge is 0.381 e. The van der Waals surface area contributed by atoms with Crippen LogP contribution in [-0.2, 0) is 11.3 Å². The van der Waals surface area contributed by atoms with Crippen LogP contribution in [0.5, 0.6) is 0 Å². The summed E-state index contributed by atoms with van der Waals surface area (Å²) in [6.07, 6.45) is 5.57. The molecule has 24 heavy (non-hydrogen) atoms. The van der Waals surface area contributed by atoms with Crippen molar-refractivity contribution in [2.45, 2.75) is 32.2 Å². The van der Waals surface area contributed by atoms with Gasteiger partial charge in [0, 0.05) is 37.9 Å². The normalized spacial score (nSPS) is 19.2. The van der Waals surface area contributed by atoms with Crippen LogP contribution in [0, 0.1) is 5.92 Å². The van der Waals surface area contributed by atoms with E-state index in [1.807, 2.05) is 6.92 Å². The highest BCUT2D eigenvalue weighted by Gasteiger charge is 2.15. The van der Waals surface area contributed by atoms with E-state index >= 15 is 0 Å². The minimum Gasteiger partial charge on any atom is -0.381 e. The molecule has 3 heterocycles. The van der Waals surface area contributed by atoms with Gasteiger partial charge in [-0.2, -0.15) is 5.10 Å². The van der Waals surface area contributed by atoms with Crippen LogP contribution in [-0.4, -0.2) is 39.5 Å². The van der Waals surface area contributed by atoms with Gasteiger partial charge in [0.15, 0.2) is 0 Å². The van der Waals surface area contributed by atoms with Gasteiger partial charge in [-0.25, -0.2) is 4.98 Å². The number of hydrogen-bond donors (Lipinski definition) is 2. The van der Waals surface area contributed by atoms with Gasteiger partial charge < -0.3 is 10.1 Å². The lowest BCUT2D eigenvalue weighted by Crippen LogP contribution is -2.26. The summed E-state index contributed by atoms with van der Waals surface area (Å²) in [7, 11) is 0. The molecule has 0 bridgehead atoms. The average molecular weight is 352 g/mol. The fourth-order valence-corrected chi connectivity index (χ4v) is 2.99. The van der Waals surface area contributed by atoms with Crippen LogP contribution < -0.4 is 10.9 Å². The predicted octanol–water partition coefficient (Wildman–Crippen LogP) is 2.26. The van der Waals surface area contributed by atoms with Gasteiger partial charge in [0.1, 0.15) is 0 Å². The summed E-state index contributed by atoms with van der Waals surface area (Å²) in [4.78, 5) is 19.2. The number of hydrogen-bond acceptors (Lipinski definition) is 5. The van der Waals surface area contributed by atoms with Crippen molar-refractivity contribution in [3.63, 3.8) is 0 Å². The van der Waals surface area contributed by atoms with Crippen molar-refractivity contribution in [2.24, 2.45) is 5.92 Å². The second kappa shape index (κ2) is 7.81. The summed E-state index contributed by atoms with van der Waals surface area (Å²) in [6.45, 7) is 4.97. The van der Waals surface area contributed by atoms with Crippen molar-refractivity contribution in [2.75, 3.05) is 25.1 Å². The van der Waals surface area contributed by atoms with E-state index in [1.54, 1.807) is 17.1 Å². The zero-order chi connectivity index (χ0) is 16.9. The third-order valence-electron chi connectivity index (χ3n) is 4.14. The number of nitrogens with zero attached hydrogens (tertiary/aromatic N) is 3. The molecule has 7 nitrogen and oxygen atoms in total. The summed E-state index contributed by atoms with van der Waals surface area (Å²) in [5, 5.41) is 7.99. The topological polar surface area (TPSA) is 84.8 Å². The average Bonchev–Trinajstić information content (AvgIpc) is 2.98. The fraction of sp³-hybridized carbons (Fsp3) is 0.562. The van der Waals surface area contributed by atoms with E-state index in [0.29, 0.717) is 23.4 Å². The molecule has 1 fully saturated rings. The number of aromatic nitrogens is 4. The first-order valence-corrected chi connectivity index (χ1v) is 8.59. The molecule has 0 aliphatic carbocycles.